The molecule has 0 atom stereocenters. The number of hydrogen-bond donors (Lipinski definition) is 0. The average Bonchev–Trinajstić information content (AvgIpc) is 3.33. The van der Waals surface area contributed by atoms with Crippen LogP contribution in [0.3, 0.4) is 0 Å². The van der Waals surface area contributed by atoms with Crippen molar-refractivity contribution in [2.75, 3.05) is 9.80 Å². The van der Waals surface area contributed by atoms with E-state index in [0.29, 0.717) is 0 Å². The fourth-order valence-electron chi connectivity index (χ4n) is 11.6. The lowest BCUT2D eigenvalue weighted by atomic mass is 9.34. The molecule has 0 radical (unpaired) electrons. The summed E-state index contributed by atoms with van der Waals surface area (Å²) in [6.45, 7) is 27.2. The van der Waals surface area contributed by atoms with Gasteiger partial charge < -0.3 is 28.7 Å². The normalized spacial score (nSPS) is 14.7. The first-order chi connectivity index (χ1) is 34.2. The molecule has 0 aromatic heterocycles. The molecule has 0 N–H and O–H groups in total. The van der Waals surface area contributed by atoms with Gasteiger partial charge >= 0.3 is 0 Å². The SMILES string of the molecule is CC(C)(C)c1ccc2c(c1)B1c3cc(C(C)(C)C)ccc3Oc3cc(N4c5ccccc5N(c5cc6c7c(c5)Oc5ccc(C(C)(C)C)cc5B7c5cc(C(C)(C)C)ccc5O6)c5ccccc54)cc(c31)O2. The lowest BCUT2D eigenvalue weighted by Crippen LogP contribution is -2.57. The maximum absolute atomic E-state index is 7.05. The quantitative estimate of drug-likeness (QED) is 0.161. The summed E-state index contributed by atoms with van der Waals surface area (Å²) in [6.07, 6.45) is 0. The Labute approximate surface area is 425 Å². The first-order valence-electron chi connectivity index (χ1n) is 25.6. The molecule has 356 valence electrons. The molecule has 0 spiro atoms. The van der Waals surface area contributed by atoms with Crippen LogP contribution < -0.4 is 61.5 Å². The van der Waals surface area contributed by atoms with Crippen molar-refractivity contribution in [3.05, 3.63) is 168 Å². The van der Waals surface area contributed by atoms with E-state index in [0.717, 1.165) is 91.0 Å². The molecule has 0 bridgehead atoms. The second-order valence-electron chi connectivity index (χ2n) is 24.6. The first kappa shape index (κ1) is 44.6. The van der Waals surface area contributed by atoms with Crippen molar-refractivity contribution in [3.8, 4) is 46.0 Å². The minimum Gasteiger partial charge on any atom is -0.458 e. The van der Waals surface area contributed by atoms with E-state index >= 15 is 0 Å². The van der Waals surface area contributed by atoms with E-state index in [1.165, 1.54) is 44.1 Å². The molecule has 0 unspecified atom stereocenters. The van der Waals surface area contributed by atoms with Gasteiger partial charge in [0, 0.05) is 35.2 Å². The van der Waals surface area contributed by atoms with Crippen LogP contribution in [0.2, 0.25) is 0 Å². The van der Waals surface area contributed by atoms with Crippen LogP contribution in [-0.2, 0) is 21.7 Å². The van der Waals surface area contributed by atoms with E-state index < -0.39 is 0 Å². The number of hydrogen-bond acceptors (Lipinski definition) is 6. The summed E-state index contributed by atoms with van der Waals surface area (Å²) in [5.74, 6) is 6.71. The second-order valence-corrected chi connectivity index (χ2v) is 24.6. The van der Waals surface area contributed by atoms with Gasteiger partial charge in [-0.3, -0.25) is 0 Å². The molecule has 8 heteroatoms. The van der Waals surface area contributed by atoms with Gasteiger partial charge in [-0.25, -0.2) is 0 Å². The van der Waals surface area contributed by atoms with Gasteiger partial charge in [-0.1, -0.05) is 156 Å². The summed E-state index contributed by atoms with van der Waals surface area (Å²) in [5, 5.41) is 0. The van der Waals surface area contributed by atoms with E-state index in [4.69, 9.17) is 18.9 Å². The highest BCUT2D eigenvalue weighted by Crippen LogP contribution is 2.56. The predicted octanol–water partition coefficient (Wildman–Crippen LogP) is 13.6. The summed E-state index contributed by atoms with van der Waals surface area (Å²) in [6, 6.07) is 53.2. The third-order valence-corrected chi connectivity index (χ3v) is 15.6. The Morgan fingerprint density at radius 1 is 0.292 bits per heavy atom. The topological polar surface area (TPSA) is 43.4 Å². The highest BCUT2D eigenvalue weighted by atomic mass is 16.5. The molecular formula is C64H60B2N2O4. The molecule has 6 nitrogen and oxygen atoms in total. The number of ether oxygens (including phenoxy) is 4. The number of anilines is 6. The summed E-state index contributed by atoms with van der Waals surface area (Å²) < 4.78 is 28.2. The van der Waals surface area contributed by atoms with Crippen LogP contribution >= 0.6 is 0 Å². The third kappa shape index (κ3) is 6.85. The molecule has 5 aliphatic heterocycles. The zero-order valence-corrected chi connectivity index (χ0v) is 43.5. The van der Waals surface area contributed by atoms with E-state index in [1.807, 2.05) is 0 Å². The summed E-state index contributed by atoms with van der Waals surface area (Å²) >= 11 is 0. The summed E-state index contributed by atoms with van der Waals surface area (Å²) in [7, 11) is 0. The van der Waals surface area contributed by atoms with Gasteiger partial charge in [0.15, 0.2) is 0 Å². The van der Waals surface area contributed by atoms with Crippen molar-refractivity contribution < 1.29 is 18.9 Å². The van der Waals surface area contributed by atoms with Crippen molar-refractivity contribution in [3.63, 3.8) is 0 Å². The van der Waals surface area contributed by atoms with Crippen molar-refractivity contribution >= 4 is 80.3 Å². The highest BCUT2D eigenvalue weighted by molar-refractivity contribution is 6.99. The van der Waals surface area contributed by atoms with Crippen molar-refractivity contribution in [1.29, 1.82) is 0 Å². The van der Waals surface area contributed by atoms with Crippen LogP contribution in [0.4, 0.5) is 34.1 Å². The van der Waals surface area contributed by atoms with Crippen LogP contribution in [0.5, 0.6) is 46.0 Å². The Morgan fingerprint density at radius 3 is 0.750 bits per heavy atom. The molecule has 0 saturated carbocycles. The predicted molar refractivity (Wildman–Crippen MR) is 300 cm³/mol. The molecule has 0 fully saturated rings. The zero-order chi connectivity index (χ0) is 50.0. The molecule has 8 aromatic carbocycles. The van der Waals surface area contributed by atoms with Crippen LogP contribution in [0, 0.1) is 0 Å². The van der Waals surface area contributed by atoms with Gasteiger partial charge in [-0.05, 0) is 114 Å². The Bertz CT molecular complexity index is 3160. The number of fused-ring (bicyclic) bond motifs is 10. The standard InChI is InChI=1S/C64H60B2N2O4/c1-61(2,3)37-21-25-51-43(29-37)65-44-30-38(62(4,5)6)22-26-52(44)70-56-34-41(33-55(69-51)59(56)65)67-47-17-13-15-19-49(47)68(50-20-16-14-18-48(50)67)42-35-57-60-58(36-42)72-54-28-24-40(64(10,11)12)32-46(54)66(60)45-31-39(63(7,8)9)23-27-53(45)71-57/h13-36H,1-12H3. The lowest BCUT2D eigenvalue weighted by molar-refractivity contribution is 0.463. The molecule has 0 amide bonds. The molecular weight excluding hydrogens is 882 g/mol. The van der Waals surface area contributed by atoms with Crippen molar-refractivity contribution in [2.24, 2.45) is 0 Å². The Hall–Kier alpha value is -7.31. The van der Waals surface area contributed by atoms with Crippen molar-refractivity contribution in [2.45, 2.75) is 105 Å². The number of rotatable bonds is 2. The molecule has 13 rings (SSSR count). The molecule has 0 aliphatic carbocycles. The highest BCUT2D eigenvalue weighted by Gasteiger charge is 2.45. The third-order valence-electron chi connectivity index (χ3n) is 15.6. The van der Waals surface area contributed by atoms with E-state index in [1.54, 1.807) is 0 Å². The minimum absolute atomic E-state index is 0.0331. The van der Waals surface area contributed by atoms with Crippen LogP contribution in [-0.4, -0.2) is 13.4 Å². The van der Waals surface area contributed by atoms with Gasteiger partial charge in [0.1, 0.15) is 46.0 Å². The summed E-state index contributed by atoms with van der Waals surface area (Å²) in [5.41, 5.74) is 17.7. The Morgan fingerprint density at radius 2 is 0.528 bits per heavy atom. The molecule has 8 aromatic rings. The fourth-order valence-corrected chi connectivity index (χ4v) is 11.6. The fraction of sp³-hybridized carbons (Fsp3) is 0.250. The van der Waals surface area contributed by atoms with Gasteiger partial charge in [0.05, 0.1) is 34.1 Å². The smallest absolute Gasteiger partial charge is 0.260 e. The molecule has 5 heterocycles. The summed E-state index contributed by atoms with van der Waals surface area (Å²) in [4.78, 5) is 4.71. The van der Waals surface area contributed by atoms with E-state index in [2.05, 4.69) is 238 Å². The Balaban J connectivity index is 0.961. The monoisotopic (exact) mass is 942 g/mol. The van der Waals surface area contributed by atoms with Gasteiger partial charge in [-0.2, -0.15) is 0 Å². The largest absolute Gasteiger partial charge is 0.458 e. The minimum atomic E-state index is -0.0633. The maximum Gasteiger partial charge on any atom is 0.260 e. The van der Waals surface area contributed by atoms with E-state index in [-0.39, 0.29) is 35.1 Å². The Kier molecular flexibility index (Phi) is 9.37. The van der Waals surface area contributed by atoms with Crippen LogP contribution in [0.1, 0.15) is 105 Å². The van der Waals surface area contributed by atoms with Crippen molar-refractivity contribution in [1.82, 2.24) is 0 Å². The van der Waals surface area contributed by atoms with Gasteiger partial charge in [0.25, 0.3) is 13.4 Å². The van der Waals surface area contributed by atoms with Crippen LogP contribution in [0.15, 0.2) is 146 Å². The molecule has 5 aliphatic rings. The lowest BCUT2D eigenvalue weighted by Gasteiger charge is -2.42. The second kappa shape index (κ2) is 15.1. The average molecular weight is 943 g/mol. The van der Waals surface area contributed by atoms with Gasteiger partial charge in [-0.15, -0.1) is 0 Å². The van der Waals surface area contributed by atoms with Gasteiger partial charge in [0.2, 0.25) is 0 Å². The maximum atomic E-state index is 7.05. The first-order valence-corrected chi connectivity index (χ1v) is 25.6. The molecule has 72 heavy (non-hydrogen) atoms. The molecule has 0 saturated heterocycles. The van der Waals surface area contributed by atoms with Crippen LogP contribution in [0.25, 0.3) is 0 Å². The number of nitrogens with zero attached hydrogens (tertiary/aromatic N) is 2. The zero-order valence-electron chi connectivity index (χ0n) is 43.5. The number of para-hydroxylation sites is 4. The van der Waals surface area contributed by atoms with E-state index in [9.17, 15) is 0 Å². The number of benzene rings is 8.